The molecule has 7 nitrogen and oxygen atoms in total. The van der Waals surface area contributed by atoms with Crippen LogP contribution in [0.3, 0.4) is 0 Å². The summed E-state index contributed by atoms with van der Waals surface area (Å²) in [4.78, 5) is 12.7. The number of hydrogen-bond donors (Lipinski definition) is 1. The number of nitrogens with one attached hydrogen (secondary N) is 1. The van der Waals surface area contributed by atoms with Gasteiger partial charge in [-0.1, -0.05) is 60.2 Å². The molecule has 0 bridgehead atoms. The standard InChI is InChI=1S/C23H23N3O4S/c1-18-12-14-20(15-13-18)31(28,29)26(21-10-6-7-11-22(21)30-2)17-23(27)25-24-16-19-8-4-3-5-9-19/h3-16H,17H2,1-2H3,(H,25,27)/b24-16-. The van der Waals surface area contributed by atoms with Crippen molar-refractivity contribution in [1.82, 2.24) is 5.43 Å². The van der Waals surface area contributed by atoms with E-state index >= 15 is 0 Å². The van der Waals surface area contributed by atoms with Crippen molar-refractivity contribution in [3.63, 3.8) is 0 Å². The minimum Gasteiger partial charge on any atom is -0.495 e. The molecule has 8 heteroatoms. The van der Waals surface area contributed by atoms with Gasteiger partial charge in [-0.3, -0.25) is 9.10 Å². The van der Waals surface area contributed by atoms with Crippen LogP contribution in [-0.2, 0) is 14.8 Å². The minimum absolute atomic E-state index is 0.0737. The van der Waals surface area contributed by atoms with Crippen LogP contribution in [-0.4, -0.2) is 34.2 Å². The van der Waals surface area contributed by atoms with Crippen LogP contribution < -0.4 is 14.5 Å². The van der Waals surface area contributed by atoms with Crippen molar-refractivity contribution in [3.8, 4) is 5.75 Å². The molecule has 0 aliphatic heterocycles. The zero-order valence-electron chi connectivity index (χ0n) is 17.2. The Morgan fingerprint density at radius 2 is 1.65 bits per heavy atom. The lowest BCUT2D eigenvalue weighted by molar-refractivity contribution is -0.119. The Morgan fingerprint density at radius 1 is 1.00 bits per heavy atom. The van der Waals surface area contributed by atoms with E-state index in [1.807, 2.05) is 37.3 Å². The predicted octanol–water partition coefficient (Wildman–Crippen LogP) is 3.35. The van der Waals surface area contributed by atoms with Crippen molar-refractivity contribution >= 4 is 27.8 Å². The predicted molar refractivity (Wildman–Crippen MR) is 121 cm³/mol. The number of methoxy groups -OCH3 is 1. The Labute approximate surface area is 182 Å². The van der Waals surface area contributed by atoms with Gasteiger partial charge in [0.1, 0.15) is 12.3 Å². The largest absolute Gasteiger partial charge is 0.495 e. The van der Waals surface area contributed by atoms with Gasteiger partial charge in [-0.15, -0.1) is 0 Å². The second kappa shape index (κ2) is 9.90. The molecule has 1 N–H and O–H groups in total. The van der Waals surface area contributed by atoms with Gasteiger partial charge in [0, 0.05) is 0 Å². The second-order valence-electron chi connectivity index (χ2n) is 6.70. The lowest BCUT2D eigenvalue weighted by Crippen LogP contribution is -2.39. The summed E-state index contributed by atoms with van der Waals surface area (Å²) in [6.07, 6.45) is 1.49. The molecule has 0 atom stereocenters. The summed E-state index contributed by atoms with van der Waals surface area (Å²) in [6, 6.07) is 22.3. The van der Waals surface area contributed by atoms with Crippen LogP contribution in [0.1, 0.15) is 11.1 Å². The topological polar surface area (TPSA) is 88.1 Å². The van der Waals surface area contributed by atoms with E-state index in [1.54, 1.807) is 36.4 Å². The summed E-state index contributed by atoms with van der Waals surface area (Å²) < 4.78 is 33.1. The molecule has 3 aromatic rings. The summed E-state index contributed by atoms with van der Waals surface area (Å²) in [6.45, 7) is 1.40. The molecule has 31 heavy (non-hydrogen) atoms. The van der Waals surface area contributed by atoms with Crippen LogP contribution in [0.4, 0.5) is 5.69 Å². The molecule has 0 saturated carbocycles. The molecule has 0 unspecified atom stereocenters. The van der Waals surface area contributed by atoms with E-state index < -0.39 is 22.5 Å². The Balaban J connectivity index is 1.90. The highest BCUT2D eigenvalue weighted by molar-refractivity contribution is 7.92. The highest BCUT2D eigenvalue weighted by atomic mass is 32.2. The van der Waals surface area contributed by atoms with Crippen molar-refractivity contribution in [2.75, 3.05) is 18.0 Å². The van der Waals surface area contributed by atoms with Gasteiger partial charge in [-0.25, -0.2) is 13.8 Å². The van der Waals surface area contributed by atoms with E-state index in [-0.39, 0.29) is 10.6 Å². The fourth-order valence-corrected chi connectivity index (χ4v) is 4.29. The molecule has 0 aliphatic carbocycles. The van der Waals surface area contributed by atoms with Crippen molar-refractivity contribution in [2.24, 2.45) is 5.10 Å². The Morgan fingerprint density at radius 3 is 2.32 bits per heavy atom. The summed E-state index contributed by atoms with van der Waals surface area (Å²) >= 11 is 0. The van der Waals surface area contributed by atoms with Crippen molar-refractivity contribution in [3.05, 3.63) is 90.0 Å². The molecule has 0 fully saturated rings. The normalized spacial score (nSPS) is 11.3. The Hall–Kier alpha value is -3.65. The number of ether oxygens (including phenoxy) is 1. The number of amides is 1. The van der Waals surface area contributed by atoms with Gasteiger partial charge in [0.05, 0.1) is 23.9 Å². The number of carbonyl (C=O) groups is 1. The van der Waals surface area contributed by atoms with Gasteiger partial charge in [-0.05, 0) is 36.8 Å². The molecule has 3 aromatic carbocycles. The Kier molecular flexibility index (Phi) is 7.04. The Bertz CT molecular complexity index is 1160. The third-order valence-electron chi connectivity index (χ3n) is 4.45. The molecule has 0 saturated heterocycles. The first-order valence-corrected chi connectivity index (χ1v) is 10.9. The van der Waals surface area contributed by atoms with Crippen LogP contribution in [0, 0.1) is 6.92 Å². The summed E-state index contributed by atoms with van der Waals surface area (Å²) in [5.41, 5.74) is 4.37. The lowest BCUT2D eigenvalue weighted by atomic mass is 10.2. The minimum atomic E-state index is -4.04. The number of para-hydroxylation sites is 2. The third kappa shape index (κ3) is 5.49. The highest BCUT2D eigenvalue weighted by Gasteiger charge is 2.29. The SMILES string of the molecule is COc1ccccc1N(CC(=O)N/N=C\c1ccccc1)S(=O)(=O)c1ccc(C)cc1. The number of nitrogens with zero attached hydrogens (tertiary/aromatic N) is 2. The first-order chi connectivity index (χ1) is 14.9. The highest BCUT2D eigenvalue weighted by Crippen LogP contribution is 2.32. The van der Waals surface area contributed by atoms with Crippen LogP contribution in [0.5, 0.6) is 5.75 Å². The van der Waals surface area contributed by atoms with E-state index in [1.165, 1.54) is 25.5 Å². The van der Waals surface area contributed by atoms with Gasteiger partial charge in [0.15, 0.2) is 0 Å². The van der Waals surface area contributed by atoms with E-state index in [2.05, 4.69) is 10.5 Å². The average molecular weight is 438 g/mol. The molecule has 3 rings (SSSR count). The zero-order chi connectivity index (χ0) is 22.3. The van der Waals surface area contributed by atoms with E-state index in [9.17, 15) is 13.2 Å². The van der Waals surface area contributed by atoms with Crippen LogP contribution in [0.25, 0.3) is 0 Å². The van der Waals surface area contributed by atoms with Crippen molar-refractivity contribution in [1.29, 1.82) is 0 Å². The maximum Gasteiger partial charge on any atom is 0.264 e. The van der Waals surface area contributed by atoms with Gasteiger partial charge in [-0.2, -0.15) is 5.10 Å². The van der Waals surface area contributed by atoms with Crippen molar-refractivity contribution < 1.29 is 17.9 Å². The number of hydrogen-bond acceptors (Lipinski definition) is 5. The quantitative estimate of drug-likeness (QED) is 0.432. The molecule has 0 heterocycles. The number of anilines is 1. The molecular weight excluding hydrogens is 414 g/mol. The third-order valence-corrected chi connectivity index (χ3v) is 6.23. The van der Waals surface area contributed by atoms with Gasteiger partial charge in [0.25, 0.3) is 15.9 Å². The molecule has 160 valence electrons. The van der Waals surface area contributed by atoms with Gasteiger partial charge < -0.3 is 4.74 Å². The maximum absolute atomic E-state index is 13.4. The van der Waals surface area contributed by atoms with Crippen LogP contribution in [0.2, 0.25) is 0 Å². The summed E-state index contributed by atoms with van der Waals surface area (Å²) in [5.74, 6) is -0.257. The molecule has 0 aromatic heterocycles. The summed E-state index contributed by atoms with van der Waals surface area (Å²) in [5, 5.41) is 3.92. The van der Waals surface area contributed by atoms with Crippen LogP contribution in [0.15, 0.2) is 88.9 Å². The monoisotopic (exact) mass is 437 g/mol. The number of benzene rings is 3. The molecule has 0 radical (unpaired) electrons. The van der Waals surface area contributed by atoms with Crippen LogP contribution >= 0.6 is 0 Å². The molecular formula is C23H23N3O4S. The van der Waals surface area contributed by atoms with Gasteiger partial charge >= 0.3 is 0 Å². The fraction of sp³-hybridized carbons (Fsp3) is 0.130. The second-order valence-corrected chi connectivity index (χ2v) is 8.56. The smallest absolute Gasteiger partial charge is 0.264 e. The molecule has 1 amide bonds. The average Bonchev–Trinajstić information content (AvgIpc) is 2.78. The number of carbonyl (C=O) groups excluding carboxylic acids is 1. The van der Waals surface area contributed by atoms with Crippen molar-refractivity contribution in [2.45, 2.75) is 11.8 Å². The lowest BCUT2D eigenvalue weighted by Gasteiger charge is -2.25. The van der Waals surface area contributed by atoms with E-state index in [0.717, 1.165) is 15.4 Å². The maximum atomic E-state index is 13.4. The number of sulfonamides is 1. The fourth-order valence-electron chi connectivity index (χ4n) is 2.86. The number of rotatable bonds is 8. The van der Waals surface area contributed by atoms with E-state index in [0.29, 0.717) is 5.75 Å². The molecule has 0 spiro atoms. The first-order valence-electron chi connectivity index (χ1n) is 9.51. The first kappa shape index (κ1) is 22.0. The van der Waals surface area contributed by atoms with E-state index in [4.69, 9.17) is 4.74 Å². The number of aryl methyl sites for hydroxylation is 1. The summed E-state index contributed by atoms with van der Waals surface area (Å²) in [7, 11) is -2.59. The molecule has 0 aliphatic rings. The number of hydrazone groups is 1. The van der Waals surface area contributed by atoms with Gasteiger partial charge in [0.2, 0.25) is 0 Å². The zero-order valence-corrected chi connectivity index (χ0v) is 18.0.